The predicted molar refractivity (Wildman–Crippen MR) is 149 cm³/mol. The zero-order valence-electron chi connectivity index (χ0n) is 21.1. The van der Waals surface area contributed by atoms with Crippen LogP contribution >= 0.6 is 0 Å². The molecule has 10 heteroatoms. The monoisotopic (exact) mass is 544 g/mol. The molecule has 0 atom stereocenters. The van der Waals surface area contributed by atoms with Gasteiger partial charge in [-0.3, -0.25) is 9.78 Å². The lowest BCUT2D eigenvalue weighted by molar-refractivity contribution is 0.342. The molecular weight excluding hydrogens is 519 g/mol. The maximum Gasteiger partial charge on any atom is 0.333 e. The van der Waals surface area contributed by atoms with Gasteiger partial charge in [-0.1, -0.05) is 12.0 Å². The molecule has 39 heavy (non-hydrogen) atoms. The van der Waals surface area contributed by atoms with Crippen molar-refractivity contribution in [1.29, 1.82) is 0 Å². The van der Waals surface area contributed by atoms with E-state index in [2.05, 4.69) is 25.8 Å². The van der Waals surface area contributed by atoms with Crippen LogP contribution in [0.25, 0.3) is 44.0 Å². The first-order valence-electron chi connectivity index (χ1n) is 12.7. The van der Waals surface area contributed by atoms with Crippen molar-refractivity contribution >= 4 is 43.1 Å². The maximum atomic E-state index is 14.1. The first kappa shape index (κ1) is 25.1. The Bertz CT molecular complexity index is 1980. The van der Waals surface area contributed by atoms with Crippen LogP contribution in [0.2, 0.25) is 0 Å². The molecule has 0 spiro atoms. The minimum Gasteiger partial charge on any atom is -0.493 e. The molecule has 1 aliphatic rings. The van der Waals surface area contributed by atoms with Gasteiger partial charge in [0, 0.05) is 46.0 Å². The van der Waals surface area contributed by atoms with Gasteiger partial charge < -0.3 is 19.6 Å². The van der Waals surface area contributed by atoms with E-state index in [1.165, 1.54) is 12.3 Å². The Labute approximate surface area is 224 Å². The number of nitrogens with one attached hydrogen (secondary N) is 2. The summed E-state index contributed by atoms with van der Waals surface area (Å²) < 4.78 is 45.1. The molecule has 8 nitrogen and oxygen atoms in total. The summed E-state index contributed by atoms with van der Waals surface area (Å²) >= 11 is 0. The smallest absolute Gasteiger partial charge is 0.333 e. The molecule has 1 aliphatic heterocycles. The second-order valence-corrected chi connectivity index (χ2v) is 10.9. The predicted octanol–water partition coefficient (Wildman–Crippen LogP) is 4.66. The van der Waals surface area contributed by atoms with Crippen molar-refractivity contribution in [2.45, 2.75) is 30.7 Å². The highest BCUT2D eigenvalue weighted by molar-refractivity contribution is 7.86. The number of terminal acetylenes is 1. The van der Waals surface area contributed by atoms with Crippen LogP contribution in [0.4, 0.5) is 3.89 Å². The lowest BCUT2D eigenvalue weighted by atomic mass is 9.99. The average Bonchev–Trinajstić information content (AvgIpc) is 3.32. The summed E-state index contributed by atoms with van der Waals surface area (Å²) in [6.07, 6.45) is 9.73. The van der Waals surface area contributed by atoms with E-state index in [0.29, 0.717) is 51.0 Å². The van der Waals surface area contributed by atoms with E-state index in [1.54, 1.807) is 6.07 Å². The van der Waals surface area contributed by atoms with E-state index in [9.17, 15) is 17.1 Å². The zero-order valence-corrected chi connectivity index (χ0v) is 21.9. The minimum absolute atomic E-state index is 0.0819. The number of nitrogens with zero attached hydrogens (tertiary/aromatic N) is 2. The number of hydrogen-bond donors (Lipinski definition) is 2. The fourth-order valence-electron chi connectivity index (χ4n) is 5.53. The number of aromatic nitrogens is 3. The molecule has 0 radical (unpaired) electrons. The van der Waals surface area contributed by atoms with E-state index < -0.39 is 15.1 Å². The first-order chi connectivity index (χ1) is 18.8. The molecule has 0 saturated carbocycles. The third-order valence-electron chi connectivity index (χ3n) is 7.29. The Morgan fingerprint density at radius 1 is 1.15 bits per heavy atom. The Morgan fingerprint density at radius 3 is 2.67 bits per heavy atom. The number of rotatable bonds is 5. The van der Waals surface area contributed by atoms with Crippen molar-refractivity contribution in [3.63, 3.8) is 0 Å². The molecule has 2 N–H and O–H groups in total. The van der Waals surface area contributed by atoms with Crippen molar-refractivity contribution < 1.29 is 17.0 Å². The SMILES string of the molecule is C#Cc1ccc2c(c1)[nH]c1c2c(=O)c2cc(OCC)c(-c3cncc(S(=O)(=O)F)c3)cc2n1C1CCNCC1. The van der Waals surface area contributed by atoms with Crippen LogP contribution in [0.3, 0.4) is 0 Å². The summed E-state index contributed by atoms with van der Waals surface area (Å²) in [6, 6.07) is 10.4. The van der Waals surface area contributed by atoms with E-state index in [1.807, 2.05) is 31.2 Å². The molecule has 3 aromatic heterocycles. The number of fused-ring (bicyclic) bond motifs is 4. The summed E-state index contributed by atoms with van der Waals surface area (Å²) in [5.74, 6) is 3.02. The summed E-state index contributed by atoms with van der Waals surface area (Å²) in [5.41, 5.74) is 3.54. The molecule has 0 amide bonds. The lowest BCUT2D eigenvalue weighted by Gasteiger charge is -2.28. The van der Waals surface area contributed by atoms with E-state index in [-0.39, 0.29) is 11.5 Å². The molecule has 0 unspecified atom stereocenters. The molecule has 6 rings (SSSR count). The highest BCUT2D eigenvalue weighted by Gasteiger charge is 2.25. The maximum absolute atomic E-state index is 14.1. The summed E-state index contributed by atoms with van der Waals surface area (Å²) in [6.45, 7) is 3.77. The van der Waals surface area contributed by atoms with Crippen molar-refractivity contribution in [3.05, 3.63) is 64.6 Å². The zero-order chi connectivity index (χ0) is 27.3. The number of piperidine rings is 1. The van der Waals surface area contributed by atoms with Gasteiger partial charge in [0.15, 0.2) is 5.43 Å². The third-order valence-corrected chi connectivity index (χ3v) is 8.08. The van der Waals surface area contributed by atoms with Gasteiger partial charge in [0.05, 0.1) is 22.9 Å². The van der Waals surface area contributed by atoms with E-state index >= 15 is 0 Å². The first-order valence-corrected chi connectivity index (χ1v) is 14.1. The van der Waals surface area contributed by atoms with Gasteiger partial charge in [-0.15, -0.1) is 10.3 Å². The van der Waals surface area contributed by atoms with Crippen LogP contribution in [-0.2, 0) is 10.2 Å². The second-order valence-electron chi connectivity index (χ2n) is 9.58. The Kier molecular flexibility index (Phi) is 6.13. The second kappa shape index (κ2) is 9.52. The number of halogens is 1. The molecule has 198 valence electrons. The van der Waals surface area contributed by atoms with Gasteiger partial charge in [0.2, 0.25) is 0 Å². The Hall–Kier alpha value is -4.20. The number of H-pyrrole nitrogens is 1. The number of hydrogen-bond acceptors (Lipinski definition) is 6. The molecule has 0 aliphatic carbocycles. The lowest BCUT2D eigenvalue weighted by Crippen LogP contribution is -2.30. The summed E-state index contributed by atoms with van der Waals surface area (Å²) in [7, 11) is -4.97. The van der Waals surface area contributed by atoms with E-state index in [0.717, 1.165) is 43.0 Å². The van der Waals surface area contributed by atoms with Crippen molar-refractivity contribution in [1.82, 2.24) is 19.9 Å². The normalized spacial score (nSPS) is 14.7. The largest absolute Gasteiger partial charge is 0.493 e. The fraction of sp³-hybridized carbons (Fsp3) is 0.241. The highest BCUT2D eigenvalue weighted by Crippen LogP contribution is 2.38. The Balaban J connectivity index is 1.74. The fourth-order valence-corrected chi connectivity index (χ4v) is 5.99. The van der Waals surface area contributed by atoms with Crippen molar-refractivity contribution in [2.24, 2.45) is 0 Å². The standard InChI is InChI=1S/C29H25FN4O4S/c1-3-17-5-6-21-24(11-17)33-29-27(21)28(35)23-14-26(38-4-2)22(18-12-20(16-32-15-18)39(30,36)37)13-25(23)34(29)19-7-9-31-10-8-19/h1,5-6,11-16,19,31,33H,4,7-10H2,2H3. The van der Waals surface area contributed by atoms with Crippen LogP contribution in [0.1, 0.15) is 31.4 Å². The van der Waals surface area contributed by atoms with Gasteiger partial charge in [-0.2, -0.15) is 8.42 Å². The molecule has 2 aromatic carbocycles. The number of pyridine rings is 2. The van der Waals surface area contributed by atoms with Crippen molar-refractivity contribution in [3.8, 4) is 29.2 Å². The minimum atomic E-state index is -4.97. The van der Waals surface area contributed by atoms with Gasteiger partial charge in [0.1, 0.15) is 16.3 Å². The topological polar surface area (TPSA) is 106 Å². The molecule has 4 heterocycles. The van der Waals surface area contributed by atoms with Crippen LogP contribution in [-0.4, -0.2) is 42.6 Å². The quantitative estimate of drug-likeness (QED) is 0.246. The molecular formula is C29H25FN4O4S. The number of ether oxygens (including phenoxy) is 1. The third kappa shape index (κ3) is 4.24. The highest BCUT2D eigenvalue weighted by atomic mass is 32.3. The molecule has 0 bridgehead atoms. The number of aromatic amines is 1. The van der Waals surface area contributed by atoms with Crippen LogP contribution in [0, 0.1) is 12.3 Å². The molecule has 5 aromatic rings. The van der Waals surface area contributed by atoms with Gasteiger partial charge in [0.25, 0.3) is 0 Å². The summed E-state index contributed by atoms with van der Waals surface area (Å²) in [4.78, 5) is 20.9. The Morgan fingerprint density at radius 2 is 1.95 bits per heavy atom. The van der Waals surface area contributed by atoms with Gasteiger partial charge in [-0.05, 0) is 63.2 Å². The average molecular weight is 545 g/mol. The van der Waals surface area contributed by atoms with Crippen LogP contribution in [0.5, 0.6) is 5.75 Å². The van der Waals surface area contributed by atoms with Crippen molar-refractivity contribution in [2.75, 3.05) is 19.7 Å². The van der Waals surface area contributed by atoms with Crippen LogP contribution < -0.4 is 15.5 Å². The summed E-state index contributed by atoms with van der Waals surface area (Å²) in [5, 5.41) is 5.21. The number of benzene rings is 2. The van der Waals surface area contributed by atoms with Gasteiger partial charge >= 0.3 is 10.2 Å². The van der Waals surface area contributed by atoms with Gasteiger partial charge in [-0.25, -0.2) is 0 Å². The molecule has 1 fully saturated rings. The van der Waals surface area contributed by atoms with E-state index in [4.69, 9.17) is 11.2 Å². The molecule has 1 saturated heterocycles. The van der Waals surface area contributed by atoms with Crippen LogP contribution in [0.15, 0.2) is 58.5 Å².